The minimum absolute atomic E-state index is 0.0201. The average Bonchev–Trinajstić information content (AvgIpc) is 2.75. The average molecular weight is 260 g/mol. The van der Waals surface area contributed by atoms with Crippen molar-refractivity contribution in [2.24, 2.45) is 0 Å². The molecule has 1 aromatic rings. The largest absolute Gasteiger partial charge is 0.383 e. The predicted molar refractivity (Wildman–Crippen MR) is 61.8 cm³/mol. The second-order valence-corrected chi connectivity index (χ2v) is 5.72. The maximum absolute atomic E-state index is 11.9. The van der Waals surface area contributed by atoms with Gasteiger partial charge in [0.05, 0.1) is 12.3 Å². The lowest BCUT2D eigenvalue weighted by Crippen LogP contribution is -2.35. The number of anilines is 1. The summed E-state index contributed by atoms with van der Waals surface area (Å²) in [5.74, 6) is 0.0436. The molecule has 1 saturated heterocycles. The van der Waals surface area contributed by atoms with Crippen LogP contribution < -0.4 is 10.5 Å². The van der Waals surface area contributed by atoms with Crippen LogP contribution in [0.3, 0.4) is 0 Å². The first kappa shape index (κ1) is 12.3. The topological polar surface area (TPSA) is 110 Å². The molecule has 1 atom stereocenters. The first-order valence-electron chi connectivity index (χ1n) is 5.50. The maximum Gasteiger partial charge on any atom is 0.245 e. The number of aromatic nitrogens is 2. The van der Waals surface area contributed by atoms with E-state index in [1.807, 2.05) is 0 Å². The van der Waals surface area contributed by atoms with Gasteiger partial charge in [-0.05, 0) is 19.3 Å². The first-order chi connectivity index (χ1) is 8.09. The van der Waals surface area contributed by atoms with E-state index < -0.39 is 10.0 Å². The Hall–Kier alpha value is -1.12. The second kappa shape index (κ2) is 5.03. The van der Waals surface area contributed by atoms with Crippen LogP contribution >= 0.6 is 0 Å². The highest BCUT2D eigenvalue weighted by molar-refractivity contribution is 7.89. The van der Waals surface area contributed by atoms with Gasteiger partial charge in [-0.25, -0.2) is 13.1 Å². The van der Waals surface area contributed by atoms with Crippen LogP contribution in [0.25, 0.3) is 0 Å². The standard InChI is InChI=1S/C9H16N4O3S/c10-9-8(6-11-13-9)17(14,15)12-5-7-3-1-2-4-16-7/h6-7,12H,1-5H2,(H3,10,11,13). The molecule has 1 fully saturated rings. The molecule has 0 bridgehead atoms. The van der Waals surface area contributed by atoms with Gasteiger partial charge >= 0.3 is 0 Å². The van der Waals surface area contributed by atoms with Gasteiger partial charge in [0.15, 0.2) is 0 Å². The highest BCUT2D eigenvalue weighted by atomic mass is 32.2. The zero-order valence-corrected chi connectivity index (χ0v) is 10.2. The number of aromatic amines is 1. The summed E-state index contributed by atoms with van der Waals surface area (Å²) in [5.41, 5.74) is 5.47. The molecular weight excluding hydrogens is 244 g/mol. The fourth-order valence-electron chi connectivity index (χ4n) is 1.75. The van der Waals surface area contributed by atoms with Gasteiger partial charge in [-0.15, -0.1) is 0 Å². The third-order valence-electron chi connectivity index (χ3n) is 2.70. The zero-order valence-electron chi connectivity index (χ0n) is 9.35. The maximum atomic E-state index is 11.9. The Morgan fingerprint density at radius 3 is 3.00 bits per heavy atom. The number of nitrogens with two attached hydrogens (primary N) is 1. The molecule has 0 aliphatic carbocycles. The monoisotopic (exact) mass is 260 g/mol. The highest BCUT2D eigenvalue weighted by Gasteiger charge is 2.22. The summed E-state index contributed by atoms with van der Waals surface area (Å²) in [5, 5.41) is 5.97. The van der Waals surface area contributed by atoms with Gasteiger partial charge in [-0.1, -0.05) is 0 Å². The zero-order chi connectivity index (χ0) is 12.3. The van der Waals surface area contributed by atoms with Crippen molar-refractivity contribution in [1.82, 2.24) is 14.9 Å². The molecule has 1 aliphatic rings. The van der Waals surface area contributed by atoms with Gasteiger partial charge in [0, 0.05) is 13.2 Å². The van der Waals surface area contributed by atoms with Gasteiger partial charge in [0.1, 0.15) is 10.7 Å². The number of nitrogens with zero attached hydrogens (tertiary/aromatic N) is 1. The van der Waals surface area contributed by atoms with Crippen molar-refractivity contribution in [3.63, 3.8) is 0 Å². The summed E-state index contributed by atoms with van der Waals surface area (Å²) in [6, 6.07) is 0. The minimum atomic E-state index is -3.60. The van der Waals surface area contributed by atoms with Crippen LogP contribution in [0.1, 0.15) is 19.3 Å². The fraction of sp³-hybridized carbons (Fsp3) is 0.667. The number of hydrogen-bond donors (Lipinski definition) is 3. The number of ether oxygens (including phenoxy) is 1. The normalized spacial score (nSPS) is 21.5. The van der Waals surface area contributed by atoms with E-state index in [-0.39, 0.29) is 23.4 Å². The van der Waals surface area contributed by atoms with Gasteiger partial charge < -0.3 is 10.5 Å². The highest BCUT2D eigenvalue weighted by Crippen LogP contribution is 2.15. The molecule has 4 N–H and O–H groups in total. The van der Waals surface area contributed by atoms with Crippen molar-refractivity contribution in [3.05, 3.63) is 6.20 Å². The molecule has 2 rings (SSSR count). The summed E-state index contributed by atoms with van der Waals surface area (Å²) in [6.07, 6.45) is 4.13. The molecule has 0 spiro atoms. The van der Waals surface area contributed by atoms with Gasteiger partial charge in [-0.2, -0.15) is 5.10 Å². The Bertz CT molecular complexity index is 464. The molecule has 1 aromatic heterocycles. The Morgan fingerprint density at radius 1 is 1.59 bits per heavy atom. The molecule has 0 aromatic carbocycles. The fourth-order valence-corrected chi connectivity index (χ4v) is 2.84. The number of hydrogen-bond acceptors (Lipinski definition) is 5. The van der Waals surface area contributed by atoms with E-state index in [0.29, 0.717) is 6.61 Å². The Labute approximate surface area is 99.8 Å². The first-order valence-corrected chi connectivity index (χ1v) is 6.98. The van der Waals surface area contributed by atoms with E-state index in [1.54, 1.807) is 0 Å². The third kappa shape index (κ3) is 2.96. The van der Waals surface area contributed by atoms with Gasteiger partial charge in [0.2, 0.25) is 10.0 Å². The number of sulfonamides is 1. The van der Waals surface area contributed by atoms with E-state index in [4.69, 9.17) is 10.5 Å². The summed E-state index contributed by atoms with van der Waals surface area (Å²) in [4.78, 5) is -0.0201. The molecule has 1 unspecified atom stereocenters. The van der Waals surface area contributed by atoms with Crippen molar-refractivity contribution in [2.75, 3.05) is 18.9 Å². The van der Waals surface area contributed by atoms with Crippen LogP contribution in [-0.4, -0.2) is 37.9 Å². The predicted octanol–water partition coefficient (Wildman–Crippen LogP) is -0.161. The van der Waals surface area contributed by atoms with E-state index >= 15 is 0 Å². The van der Waals surface area contributed by atoms with Crippen LogP contribution in [0.4, 0.5) is 5.82 Å². The molecule has 0 radical (unpaired) electrons. The van der Waals surface area contributed by atoms with E-state index in [2.05, 4.69) is 14.9 Å². The second-order valence-electron chi connectivity index (χ2n) is 3.99. The van der Waals surface area contributed by atoms with Crippen molar-refractivity contribution in [2.45, 2.75) is 30.3 Å². The lowest BCUT2D eigenvalue weighted by Gasteiger charge is -2.22. The van der Waals surface area contributed by atoms with Crippen molar-refractivity contribution >= 4 is 15.8 Å². The van der Waals surface area contributed by atoms with Gasteiger partial charge in [0.25, 0.3) is 0 Å². The summed E-state index contributed by atoms with van der Waals surface area (Å²) < 4.78 is 31.6. The molecule has 7 nitrogen and oxygen atoms in total. The van der Waals surface area contributed by atoms with Gasteiger partial charge in [-0.3, -0.25) is 5.10 Å². The molecule has 2 heterocycles. The minimum Gasteiger partial charge on any atom is -0.383 e. The van der Waals surface area contributed by atoms with Crippen LogP contribution in [0, 0.1) is 0 Å². The van der Waals surface area contributed by atoms with E-state index in [0.717, 1.165) is 19.3 Å². The number of rotatable bonds is 4. The van der Waals surface area contributed by atoms with E-state index in [1.165, 1.54) is 6.20 Å². The lowest BCUT2D eigenvalue weighted by molar-refractivity contribution is 0.0200. The molecule has 96 valence electrons. The quantitative estimate of drug-likeness (QED) is 0.696. The van der Waals surface area contributed by atoms with Crippen molar-refractivity contribution < 1.29 is 13.2 Å². The SMILES string of the molecule is Nc1[nH]ncc1S(=O)(=O)NCC1CCCCO1. The third-order valence-corrected chi connectivity index (χ3v) is 4.15. The molecule has 8 heteroatoms. The van der Waals surface area contributed by atoms with Crippen LogP contribution in [0.5, 0.6) is 0 Å². The number of H-pyrrole nitrogens is 1. The lowest BCUT2D eigenvalue weighted by atomic mass is 10.1. The van der Waals surface area contributed by atoms with Crippen molar-refractivity contribution in [3.8, 4) is 0 Å². The van der Waals surface area contributed by atoms with Crippen LogP contribution in [-0.2, 0) is 14.8 Å². The molecular formula is C9H16N4O3S. The number of nitrogen functional groups attached to an aromatic ring is 1. The number of nitrogens with one attached hydrogen (secondary N) is 2. The summed E-state index contributed by atoms with van der Waals surface area (Å²) in [6.45, 7) is 0.965. The Kier molecular flexibility index (Phi) is 3.65. The Balaban J connectivity index is 1.96. The van der Waals surface area contributed by atoms with Crippen LogP contribution in [0.15, 0.2) is 11.1 Å². The molecule has 1 aliphatic heterocycles. The smallest absolute Gasteiger partial charge is 0.245 e. The summed E-state index contributed by atoms with van der Waals surface area (Å²) >= 11 is 0. The van der Waals surface area contributed by atoms with Crippen LogP contribution in [0.2, 0.25) is 0 Å². The molecule has 0 saturated carbocycles. The van der Waals surface area contributed by atoms with Crippen molar-refractivity contribution in [1.29, 1.82) is 0 Å². The molecule has 0 amide bonds. The van der Waals surface area contributed by atoms with E-state index in [9.17, 15) is 8.42 Å². The molecule has 17 heavy (non-hydrogen) atoms. The Morgan fingerprint density at radius 2 is 2.41 bits per heavy atom. The summed E-state index contributed by atoms with van der Waals surface area (Å²) in [7, 11) is -3.60.